The fourth-order valence-corrected chi connectivity index (χ4v) is 3.59. The van der Waals surface area contributed by atoms with Crippen molar-refractivity contribution >= 4 is 28.0 Å². The largest absolute Gasteiger partial charge is 0.348 e. The number of hydrogen-bond acceptors (Lipinski definition) is 3. The molecule has 0 aliphatic rings. The van der Waals surface area contributed by atoms with Crippen molar-refractivity contribution in [2.24, 2.45) is 0 Å². The molecule has 0 N–H and O–H groups in total. The summed E-state index contributed by atoms with van der Waals surface area (Å²) >= 11 is 1.67. The lowest BCUT2D eigenvalue weighted by atomic mass is 10.1. The highest BCUT2D eigenvalue weighted by molar-refractivity contribution is 7.84. The van der Waals surface area contributed by atoms with Gasteiger partial charge >= 0.3 is 0 Å². The highest BCUT2D eigenvalue weighted by atomic mass is 32.2. The van der Waals surface area contributed by atoms with Gasteiger partial charge in [-0.2, -0.15) is 11.3 Å². The molecule has 0 aliphatic heterocycles. The third-order valence-corrected chi connectivity index (χ3v) is 4.83. The maximum Gasteiger partial charge on any atom is 0.234 e. The van der Waals surface area contributed by atoms with E-state index >= 15 is 0 Å². The van der Waals surface area contributed by atoms with Gasteiger partial charge in [-0.3, -0.25) is 9.00 Å². The van der Waals surface area contributed by atoms with Crippen molar-refractivity contribution in [3.8, 4) is 11.1 Å². The number of carbonyl (C=O) groups is 1. The number of thiophene rings is 1. The molecule has 5 heteroatoms. The van der Waals surface area contributed by atoms with Crippen molar-refractivity contribution in [2.75, 3.05) is 19.8 Å². The Bertz CT molecular complexity index is 589. The first-order valence-corrected chi connectivity index (χ1v) is 8.66. The minimum absolute atomic E-state index is 0.0826. The van der Waals surface area contributed by atoms with Gasteiger partial charge in [-0.25, -0.2) is 0 Å². The number of amides is 1. The number of carbonyl (C=O) groups excluding carboxylic acids is 1. The predicted molar refractivity (Wildman–Crippen MR) is 85.2 cm³/mol. The van der Waals surface area contributed by atoms with Gasteiger partial charge in [-0.1, -0.05) is 24.3 Å². The van der Waals surface area contributed by atoms with Gasteiger partial charge in [0.2, 0.25) is 5.91 Å². The van der Waals surface area contributed by atoms with Crippen LogP contribution in [0.3, 0.4) is 0 Å². The Morgan fingerprint density at radius 1 is 1.15 bits per heavy atom. The van der Waals surface area contributed by atoms with Crippen LogP contribution in [0.4, 0.5) is 0 Å². The summed E-state index contributed by atoms with van der Waals surface area (Å²) in [6.45, 7) is 0. The molecule has 106 valence electrons. The molecule has 0 unspecified atom stereocenters. The quantitative estimate of drug-likeness (QED) is 0.852. The van der Waals surface area contributed by atoms with E-state index in [9.17, 15) is 9.00 Å². The lowest BCUT2D eigenvalue weighted by molar-refractivity contribution is -0.125. The summed E-state index contributed by atoms with van der Waals surface area (Å²) in [6.07, 6.45) is 0. The van der Waals surface area contributed by atoms with Gasteiger partial charge in [0.25, 0.3) is 0 Å². The zero-order valence-corrected chi connectivity index (χ0v) is 13.2. The molecular weight excluding hydrogens is 290 g/mol. The van der Waals surface area contributed by atoms with Crippen LogP contribution in [0.25, 0.3) is 11.1 Å². The Hall–Kier alpha value is -1.46. The van der Waals surface area contributed by atoms with Crippen molar-refractivity contribution in [2.45, 2.75) is 5.75 Å². The first-order chi connectivity index (χ1) is 9.56. The maximum atomic E-state index is 11.9. The molecule has 3 nitrogen and oxygen atoms in total. The Morgan fingerprint density at radius 2 is 1.85 bits per heavy atom. The van der Waals surface area contributed by atoms with Gasteiger partial charge in [0.05, 0.1) is 0 Å². The van der Waals surface area contributed by atoms with Crippen LogP contribution in [0.1, 0.15) is 5.56 Å². The topological polar surface area (TPSA) is 37.4 Å². The van der Waals surface area contributed by atoms with E-state index in [1.54, 1.807) is 25.4 Å². The number of benzene rings is 1. The van der Waals surface area contributed by atoms with Crippen LogP contribution in [-0.4, -0.2) is 34.9 Å². The van der Waals surface area contributed by atoms with Crippen molar-refractivity contribution in [1.82, 2.24) is 4.90 Å². The molecule has 2 rings (SSSR count). The zero-order chi connectivity index (χ0) is 14.5. The van der Waals surface area contributed by atoms with E-state index in [4.69, 9.17) is 0 Å². The first-order valence-electron chi connectivity index (χ1n) is 6.23. The summed E-state index contributed by atoms with van der Waals surface area (Å²) < 4.78 is 11.9. The van der Waals surface area contributed by atoms with Crippen LogP contribution in [0, 0.1) is 0 Å². The smallest absolute Gasteiger partial charge is 0.234 e. The minimum Gasteiger partial charge on any atom is -0.348 e. The van der Waals surface area contributed by atoms with Gasteiger partial charge in [0, 0.05) is 30.6 Å². The standard InChI is InChI=1S/C15H17NO2S2/c1-16(2)15(17)11-20(18)10-12-3-5-13(6-4-12)14-7-8-19-9-14/h3-9H,10-11H2,1-2H3/t20-/m0/s1. The van der Waals surface area contributed by atoms with Crippen LogP contribution in [0.2, 0.25) is 0 Å². The highest BCUT2D eigenvalue weighted by Crippen LogP contribution is 2.22. The van der Waals surface area contributed by atoms with E-state index in [0.717, 1.165) is 11.1 Å². The van der Waals surface area contributed by atoms with Gasteiger partial charge in [0.1, 0.15) is 5.75 Å². The molecule has 1 amide bonds. The molecule has 1 atom stereocenters. The third-order valence-electron chi connectivity index (χ3n) is 2.92. The van der Waals surface area contributed by atoms with E-state index in [1.165, 1.54) is 10.5 Å². The molecule has 0 saturated carbocycles. The molecule has 1 aromatic heterocycles. The summed E-state index contributed by atoms with van der Waals surface area (Å²) in [4.78, 5) is 13.0. The summed E-state index contributed by atoms with van der Waals surface area (Å²) in [5.41, 5.74) is 3.35. The van der Waals surface area contributed by atoms with E-state index in [0.29, 0.717) is 5.75 Å². The SMILES string of the molecule is CN(C)C(=O)C[S@@](=O)Cc1ccc(-c2ccsc2)cc1. The Kier molecular flexibility index (Phi) is 5.09. The van der Waals surface area contributed by atoms with Crippen LogP contribution in [0.15, 0.2) is 41.1 Å². The van der Waals surface area contributed by atoms with Gasteiger partial charge in [-0.15, -0.1) is 0 Å². The predicted octanol–water partition coefficient (Wildman–Crippen LogP) is 2.75. The second-order valence-electron chi connectivity index (χ2n) is 4.73. The van der Waals surface area contributed by atoms with E-state index in [2.05, 4.69) is 11.4 Å². The fraction of sp³-hybridized carbons (Fsp3) is 0.267. The van der Waals surface area contributed by atoms with Gasteiger partial charge in [-0.05, 0) is 33.5 Å². The molecule has 0 spiro atoms. The number of rotatable bonds is 5. The molecule has 0 aliphatic carbocycles. The molecule has 20 heavy (non-hydrogen) atoms. The van der Waals surface area contributed by atoms with Crippen LogP contribution in [-0.2, 0) is 21.3 Å². The number of hydrogen-bond donors (Lipinski definition) is 0. The van der Waals surface area contributed by atoms with Crippen molar-refractivity contribution in [1.29, 1.82) is 0 Å². The molecule has 0 bridgehead atoms. The van der Waals surface area contributed by atoms with Crippen molar-refractivity contribution in [3.63, 3.8) is 0 Å². The Morgan fingerprint density at radius 3 is 2.40 bits per heavy atom. The Balaban J connectivity index is 1.97. The summed E-state index contributed by atoms with van der Waals surface area (Å²) in [7, 11) is 2.20. The Labute approximate surface area is 125 Å². The molecule has 0 saturated heterocycles. The third kappa shape index (κ3) is 4.02. The van der Waals surface area contributed by atoms with E-state index < -0.39 is 10.8 Å². The molecule has 2 aromatic rings. The molecule has 1 heterocycles. The zero-order valence-electron chi connectivity index (χ0n) is 11.5. The van der Waals surface area contributed by atoms with Gasteiger partial charge < -0.3 is 4.90 Å². The second-order valence-corrected chi connectivity index (χ2v) is 6.96. The van der Waals surface area contributed by atoms with Crippen molar-refractivity contribution < 1.29 is 9.00 Å². The molecule has 0 fully saturated rings. The normalized spacial score (nSPS) is 12.1. The lowest BCUT2D eigenvalue weighted by Crippen LogP contribution is -2.27. The second kappa shape index (κ2) is 6.81. The first kappa shape index (κ1) is 14.9. The molecular formula is C15H17NO2S2. The fourth-order valence-electron chi connectivity index (χ4n) is 1.73. The van der Waals surface area contributed by atoms with E-state index in [1.807, 2.05) is 29.6 Å². The number of nitrogens with zero attached hydrogens (tertiary/aromatic N) is 1. The average molecular weight is 307 g/mol. The molecule has 0 radical (unpaired) electrons. The maximum absolute atomic E-state index is 11.9. The highest BCUT2D eigenvalue weighted by Gasteiger charge is 2.10. The molecule has 1 aromatic carbocycles. The van der Waals surface area contributed by atoms with Crippen LogP contribution in [0.5, 0.6) is 0 Å². The van der Waals surface area contributed by atoms with Gasteiger partial charge in [0.15, 0.2) is 0 Å². The summed E-state index contributed by atoms with van der Waals surface area (Å²) in [5.74, 6) is 0.404. The average Bonchev–Trinajstić information content (AvgIpc) is 2.93. The lowest BCUT2D eigenvalue weighted by Gasteiger charge is -2.09. The monoisotopic (exact) mass is 307 g/mol. The summed E-state index contributed by atoms with van der Waals surface area (Å²) in [6, 6.07) is 10.1. The van der Waals surface area contributed by atoms with E-state index in [-0.39, 0.29) is 11.7 Å². The van der Waals surface area contributed by atoms with Crippen molar-refractivity contribution in [3.05, 3.63) is 46.7 Å². The van der Waals surface area contributed by atoms with Crippen LogP contribution >= 0.6 is 11.3 Å². The van der Waals surface area contributed by atoms with Crippen LogP contribution < -0.4 is 0 Å². The summed E-state index contributed by atoms with van der Waals surface area (Å²) in [5, 5.41) is 4.15. The minimum atomic E-state index is -1.15.